The Morgan fingerprint density at radius 2 is 2.00 bits per heavy atom. The highest BCUT2D eigenvalue weighted by Gasteiger charge is 2.13. The minimum atomic E-state index is -0.134. The zero-order valence-electron chi connectivity index (χ0n) is 10.2. The number of hydrogen-bond acceptors (Lipinski definition) is 6. The molecule has 0 spiro atoms. The van der Waals surface area contributed by atoms with Gasteiger partial charge in [-0.05, 0) is 29.1 Å². The zero-order valence-corrected chi connectivity index (χ0v) is 11.0. The lowest BCUT2D eigenvalue weighted by Gasteiger charge is -2.15. The molecule has 1 N–H and O–H groups in total. The number of Topliss-reactive ketones (excluding diaryl/α,β-unsaturated/α-hetero) is 1. The van der Waals surface area contributed by atoms with Gasteiger partial charge in [-0.15, -0.1) is 11.3 Å². The topological polar surface area (TPSA) is 99.7 Å². The molecular formula is C14H8N3O2S-. The molecule has 2 aromatic rings. The van der Waals surface area contributed by atoms with Crippen molar-refractivity contribution in [3.8, 4) is 12.1 Å². The third-order valence-electron chi connectivity index (χ3n) is 2.74. The Morgan fingerprint density at radius 1 is 1.30 bits per heavy atom. The lowest BCUT2D eigenvalue weighted by atomic mass is 9.99. The smallest absolute Gasteiger partial charge is 0.177 e. The molecule has 20 heavy (non-hydrogen) atoms. The van der Waals surface area contributed by atoms with Crippen molar-refractivity contribution < 1.29 is 4.79 Å². The average Bonchev–Trinajstić information content (AvgIpc) is 3.01. The minimum absolute atomic E-state index is 0.00543. The molecule has 6 heteroatoms. The number of ketones is 1. The Bertz CT molecular complexity index is 724. The monoisotopic (exact) mass is 282 g/mol. The van der Waals surface area contributed by atoms with E-state index in [2.05, 4.69) is 0 Å². The van der Waals surface area contributed by atoms with Gasteiger partial charge in [0.15, 0.2) is 5.78 Å². The molecule has 5 nitrogen and oxygen atoms in total. The van der Waals surface area contributed by atoms with Crippen LogP contribution in [0.25, 0.3) is 0 Å². The molecular weight excluding hydrogens is 274 g/mol. The number of nitriles is 2. The third-order valence-corrected chi connectivity index (χ3v) is 3.65. The van der Waals surface area contributed by atoms with E-state index in [9.17, 15) is 10.0 Å². The Morgan fingerprint density at radius 3 is 2.55 bits per heavy atom. The molecule has 0 saturated carbocycles. The molecule has 0 fully saturated rings. The van der Waals surface area contributed by atoms with Gasteiger partial charge in [-0.3, -0.25) is 4.79 Å². The lowest BCUT2D eigenvalue weighted by molar-refractivity contribution is 0.0997. The Labute approximate surface area is 119 Å². The second-order valence-electron chi connectivity index (χ2n) is 3.96. The van der Waals surface area contributed by atoms with E-state index in [1.807, 2.05) is 12.1 Å². The highest BCUT2D eigenvalue weighted by molar-refractivity contribution is 7.12. The summed E-state index contributed by atoms with van der Waals surface area (Å²) in [5, 5.41) is 30.6. The van der Waals surface area contributed by atoms with Gasteiger partial charge in [0.25, 0.3) is 0 Å². The van der Waals surface area contributed by atoms with Crippen LogP contribution in [0.1, 0.15) is 26.4 Å². The normalized spacial score (nSPS) is 9.55. The first kappa shape index (κ1) is 13.8. The molecule has 0 unspecified atom stereocenters. The van der Waals surface area contributed by atoms with Crippen LogP contribution in [0.4, 0.5) is 5.69 Å². The summed E-state index contributed by atoms with van der Waals surface area (Å²) < 4.78 is 0. The number of carbonyl (C=O) groups excluding carboxylic acids is 1. The number of carbonyl (C=O) groups is 1. The van der Waals surface area contributed by atoms with Crippen LogP contribution in [0, 0.1) is 27.9 Å². The van der Waals surface area contributed by atoms with Crippen molar-refractivity contribution in [2.45, 2.75) is 6.42 Å². The summed E-state index contributed by atoms with van der Waals surface area (Å²) in [6.45, 7) is 0. The maximum atomic E-state index is 12.0. The van der Waals surface area contributed by atoms with Gasteiger partial charge in [0, 0.05) is 12.1 Å². The summed E-state index contributed by atoms with van der Waals surface area (Å²) in [5.74, 6) is -0.134. The summed E-state index contributed by atoms with van der Waals surface area (Å²) >= 11 is 1.32. The number of anilines is 1. The van der Waals surface area contributed by atoms with Crippen LogP contribution in [-0.4, -0.2) is 5.78 Å². The minimum Gasteiger partial charge on any atom is -0.761 e. The van der Waals surface area contributed by atoms with Crippen LogP contribution in [-0.2, 0) is 6.42 Å². The van der Waals surface area contributed by atoms with Crippen molar-refractivity contribution in [1.29, 1.82) is 10.5 Å². The average molecular weight is 282 g/mol. The Hall–Kier alpha value is -2.67. The summed E-state index contributed by atoms with van der Waals surface area (Å²) in [6.07, 6.45) is 0.00543. The second-order valence-corrected chi connectivity index (χ2v) is 4.91. The van der Waals surface area contributed by atoms with E-state index in [1.165, 1.54) is 23.5 Å². The molecule has 0 aliphatic rings. The van der Waals surface area contributed by atoms with Gasteiger partial charge in [-0.2, -0.15) is 10.5 Å². The fourth-order valence-electron chi connectivity index (χ4n) is 1.77. The van der Waals surface area contributed by atoms with Crippen LogP contribution in [0.3, 0.4) is 0 Å². The van der Waals surface area contributed by atoms with Crippen molar-refractivity contribution >= 4 is 22.8 Å². The first-order chi connectivity index (χ1) is 9.69. The first-order valence-corrected chi connectivity index (χ1v) is 6.49. The van der Waals surface area contributed by atoms with Crippen molar-refractivity contribution in [3.63, 3.8) is 0 Å². The van der Waals surface area contributed by atoms with Crippen molar-refractivity contribution in [3.05, 3.63) is 56.4 Å². The van der Waals surface area contributed by atoms with Gasteiger partial charge < -0.3 is 10.7 Å². The maximum Gasteiger partial charge on any atom is 0.177 e. The predicted octanol–water partition coefficient (Wildman–Crippen LogP) is 2.83. The summed E-state index contributed by atoms with van der Waals surface area (Å²) in [5.41, 5.74) is 2.53. The largest absolute Gasteiger partial charge is 0.761 e. The molecule has 98 valence electrons. The Kier molecular flexibility index (Phi) is 4.11. The Balaban J connectivity index is 2.39. The van der Waals surface area contributed by atoms with Crippen molar-refractivity contribution in [1.82, 2.24) is 0 Å². The third kappa shape index (κ3) is 2.67. The number of thiophene rings is 1. The highest BCUT2D eigenvalue weighted by Crippen LogP contribution is 2.23. The van der Waals surface area contributed by atoms with Crippen LogP contribution in [0.2, 0.25) is 0 Å². The van der Waals surface area contributed by atoms with Gasteiger partial charge in [0.05, 0.1) is 16.0 Å². The van der Waals surface area contributed by atoms with E-state index < -0.39 is 0 Å². The van der Waals surface area contributed by atoms with Gasteiger partial charge >= 0.3 is 0 Å². The van der Waals surface area contributed by atoms with Crippen LogP contribution < -0.4 is 5.48 Å². The molecule has 0 aliphatic carbocycles. The number of nitrogens with one attached hydrogen (secondary N) is 1. The van der Waals surface area contributed by atoms with Crippen LogP contribution in [0.15, 0.2) is 29.6 Å². The molecule has 2 rings (SSSR count). The summed E-state index contributed by atoms with van der Waals surface area (Å²) in [4.78, 5) is 12.6. The molecule has 0 aliphatic heterocycles. The fourth-order valence-corrected chi connectivity index (χ4v) is 2.43. The molecule has 0 radical (unpaired) electrons. The highest BCUT2D eigenvalue weighted by atomic mass is 32.1. The molecule has 0 atom stereocenters. The van der Waals surface area contributed by atoms with E-state index >= 15 is 0 Å². The number of hydrogen-bond donors (Lipinski definition) is 1. The molecule has 1 aromatic heterocycles. The van der Waals surface area contributed by atoms with E-state index in [-0.39, 0.29) is 29.0 Å². The maximum absolute atomic E-state index is 12.0. The fraction of sp³-hybridized carbons (Fsp3) is 0.0714. The number of rotatable bonds is 4. The summed E-state index contributed by atoms with van der Waals surface area (Å²) in [7, 11) is 0. The van der Waals surface area contributed by atoms with E-state index in [1.54, 1.807) is 23.0 Å². The van der Waals surface area contributed by atoms with Gasteiger partial charge in [-0.1, -0.05) is 6.07 Å². The zero-order chi connectivity index (χ0) is 14.5. The van der Waals surface area contributed by atoms with Crippen LogP contribution in [0.5, 0.6) is 0 Å². The van der Waals surface area contributed by atoms with Gasteiger partial charge in [0.2, 0.25) is 0 Å². The van der Waals surface area contributed by atoms with Gasteiger partial charge in [-0.25, -0.2) is 0 Å². The number of nitrogens with zero attached hydrogens (tertiary/aromatic N) is 2. The summed E-state index contributed by atoms with van der Waals surface area (Å²) in [6, 6.07) is 9.90. The first-order valence-electron chi connectivity index (χ1n) is 5.61. The van der Waals surface area contributed by atoms with Crippen molar-refractivity contribution in [2.75, 3.05) is 5.48 Å². The second kappa shape index (κ2) is 5.98. The predicted molar refractivity (Wildman–Crippen MR) is 75.2 cm³/mol. The molecule has 1 aromatic carbocycles. The molecule has 0 saturated heterocycles. The lowest BCUT2D eigenvalue weighted by Crippen LogP contribution is -2.05. The van der Waals surface area contributed by atoms with Gasteiger partial charge in [0.1, 0.15) is 12.1 Å². The molecule has 1 heterocycles. The van der Waals surface area contributed by atoms with Crippen molar-refractivity contribution in [2.24, 2.45) is 0 Å². The number of benzene rings is 1. The van der Waals surface area contributed by atoms with E-state index in [0.717, 1.165) is 0 Å². The van der Waals surface area contributed by atoms with Crippen LogP contribution >= 0.6 is 11.3 Å². The SMILES string of the molecule is N#Cc1cc(CC(=O)c2cccs2)c(N[O-])cc1C#N. The quantitative estimate of drug-likeness (QED) is 0.686. The standard InChI is InChI=1S/C14H8N3O2S/c15-7-10-4-9(12(17-19)5-11(10)8-16)6-13(18)14-2-1-3-20-14/h1-5,17H,6H2/q-1. The molecule has 0 bridgehead atoms. The van der Waals surface area contributed by atoms with E-state index in [0.29, 0.717) is 10.4 Å². The van der Waals surface area contributed by atoms with E-state index in [4.69, 9.17) is 10.5 Å². The molecule has 0 amide bonds.